The first kappa shape index (κ1) is 14.7. The second kappa shape index (κ2) is 5.75. The van der Waals surface area contributed by atoms with Crippen molar-refractivity contribution in [2.24, 2.45) is 0 Å². The molecule has 5 heteroatoms. The van der Waals surface area contributed by atoms with Gasteiger partial charge in [-0.05, 0) is 36.8 Å². The van der Waals surface area contributed by atoms with Crippen molar-refractivity contribution in [3.8, 4) is 0 Å². The zero-order valence-electron chi connectivity index (χ0n) is 10.7. The first-order chi connectivity index (χ1) is 9.38. The molecule has 2 aromatic rings. The summed E-state index contributed by atoms with van der Waals surface area (Å²) in [4.78, 5) is 0. The molecule has 1 nitrogen and oxygen atoms in total. The van der Waals surface area contributed by atoms with Crippen LogP contribution in [-0.2, 0) is 6.18 Å². The van der Waals surface area contributed by atoms with Crippen LogP contribution in [0.2, 0.25) is 5.02 Å². The molecule has 0 radical (unpaired) electrons. The molecule has 0 bridgehead atoms. The van der Waals surface area contributed by atoms with Gasteiger partial charge in [0, 0.05) is 6.04 Å². The lowest BCUT2D eigenvalue weighted by atomic mass is 10.0. The smallest absolute Gasteiger partial charge is 0.377 e. The van der Waals surface area contributed by atoms with Gasteiger partial charge in [0.15, 0.2) is 0 Å². The lowest BCUT2D eigenvalue weighted by molar-refractivity contribution is -0.137. The Kier molecular flexibility index (Phi) is 4.23. The number of para-hydroxylation sites is 1. The van der Waals surface area contributed by atoms with Crippen LogP contribution >= 0.6 is 11.6 Å². The van der Waals surface area contributed by atoms with Crippen molar-refractivity contribution in [2.45, 2.75) is 19.1 Å². The minimum atomic E-state index is -4.33. The Bertz CT molecular complexity index is 596. The molecule has 0 fully saturated rings. The zero-order chi connectivity index (χ0) is 14.8. The van der Waals surface area contributed by atoms with E-state index < -0.39 is 11.7 Å². The summed E-state index contributed by atoms with van der Waals surface area (Å²) < 4.78 is 38.0. The molecule has 0 aliphatic carbocycles. The molecule has 1 atom stereocenters. The van der Waals surface area contributed by atoms with Crippen molar-refractivity contribution in [1.82, 2.24) is 0 Å². The van der Waals surface area contributed by atoms with Gasteiger partial charge in [-0.1, -0.05) is 35.9 Å². The van der Waals surface area contributed by atoms with E-state index in [0.717, 1.165) is 12.1 Å². The Morgan fingerprint density at radius 1 is 1.05 bits per heavy atom. The maximum absolute atomic E-state index is 12.7. The fourth-order valence-corrected chi connectivity index (χ4v) is 2.07. The number of rotatable bonds is 3. The topological polar surface area (TPSA) is 12.0 Å². The molecule has 0 saturated heterocycles. The van der Waals surface area contributed by atoms with Gasteiger partial charge in [-0.15, -0.1) is 0 Å². The molecule has 0 spiro atoms. The number of nitrogens with one attached hydrogen (secondary N) is 1. The van der Waals surface area contributed by atoms with Crippen molar-refractivity contribution in [3.63, 3.8) is 0 Å². The minimum Gasteiger partial charge on any atom is -0.377 e. The summed E-state index contributed by atoms with van der Waals surface area (Å²) in [7, 11) is 0. The molecular weight excluding hydrogens is 287 g/mol. The first-order valence-corrected chi connectivity index (χ1v) is 6.44. The fourth-order valence-electron chi connectivity index (χ4n) is 1.88. The average Bonchev–Trinajstić information content (AvgIpc) is 2.40. The van der Waals surface area contributed by atoms with Crippen LogP contribution in [0.5, 0.6) is 0 Å². The van der Waals surface area contributed by atoms with Gasteiger partial charge >= 0.3 is 6.18 Å². The highest BCUT2D eigenvalue weighted by atomic mass is 35.5. The number of hydrogen-bond donors (Lipinski definition) is 1. The highest BCUT2D eigenvalue weighted by Crippen LogP contribution is 2.32. The molecule has 0 aromatic heterocycles. The predicted molar refractivity (Wildman–Crippen MR) is 74.9 cm³/mol. The van der Waals surface area contributed by atoms with Crippen LogP contribution in [0.1, 0.15) is 24.1 Å². The highest BCUT2D eigenvalue weighted by Gasteiger charge is 2.30. The standard InChI is InChI=1S/C15H13ClF3N/c1-10(20-14-8-3-2-7-13(14)16)11-5-4-6-12(9-11)15(17,18)19/h2-10,20H,1H3. The van der Waals surface area contributed by atoms with E-state index in [1.54, 1.807) is 31.2 Å². The number of anilines is 1. The first-order valence-electron chi connectivity index (χ1n) is 6.06. The van der Waals surface area contributed by atoms with E-state index in [0.29, 0.717) is 16.3 Å². The van der Waals surface area contributed by atoms with Gasteiger partial charge in [0.2, 0.25) is 0 Å². The van der Waals surface area contributed by atoms with E-state index >= 15 is 0 Å². The van der Waals surface area contributed by atoms with Crippen LogP contribution in [0.15, 0.2) is 48.5 Å². The molecule has 20 heavy (non-hydrogen) atoms. The molecule has 1 unspecified atom stereocenters. The quantitative estimate of drug-likeness (QED) is 0.785. The Hall–Kier alpha value is -1.68. The van der Waals surface area contributed by atoms with E-state index in [2.05, 4.69) is 5.32 Å². The lowest BCUT2D eigenvalue weighted by Gasteiger charge is -2.18. The van der Waals surface area contributed by atoms with Gasteiger partial charge < -0.3 is 5.32 Å². The molecule has 0 amide bonds. The van der Waals surface area contributed by atoms with Crippen LogP contribution in [0.25, 0.3) is 0 Å². The molecule has 0 aliphatic rings. The largest absolute Gasteiger partial charge is 0.416 e. The molecule has 106 valence electrons. The van der Waals surface area contributed by atoms with E-state index in [1.165, 1.54) is 6.07 Å². The molecule has 2 rings (SSSR count). The van der Waals surface area contributed by atoms with Gasteiger partial charge in [0.1, 0.15) is 0 Å². The molecule has 1 N–H and O–H groups in total. The second-order valence-electron chi connectivity index (χ2n) is 4.47. The molecular formula is C15H13ClF3N. The van der Waals surface area contributed by atoms with Crippen LogP contribution in [-0.4, -0.2) is 0 Å². The summed E-state index contributed by atoms with van der Waals surface area (Å²) >= 11 is 6.02. The summed E-state index contributed by atoms with van der Waals surface area (Å²) in [6.45, 7) is 1.79. The Labute approximate surface area is 120 Å². The van der Waals surface area contributed by atoms with Crippen molar-refractivity contribution >= 4 is 17.3 Å². The molecule has 0 heterocycles. The third-order valence-electron chi connectivity index (χ3n) is 2.96. The Morgan fingerprint density at radius 2 is 1.75 bits per heavy atom. The average molecular weight is 300 g/mol. The monoisotopic (exact) mass is 299 g/mol. The fraction of sp³-hybridized carbons (Fsp3) is 0.200. The lowest BCUT2D eigenvalue weighted by Crippen LogP contribution is -2.10. The normalized spacial score (nSPS) is 13.1. The molecule has 2 aromatic carbocycles. The Morgan fingerprint density at radius 3 is 2.40 bits per heavy atom. The number of alkyl halides is 3. The summed E-state index contributed by atoms with van der Waals surface area (Å²) in [5.74, 6) is 0. The van der Waals surface area contributed by atoms with Gasteiger partial charge in [0.05, 0.1) is 16.3 Å². The van der Waals surface area contributed by atoms with Gasteiger partial charge in [-0.25, -0.2) is 0 Å². The van der Waals surface area contributed by atoms with Gasteiger partial charge in [-0.3, -0.25) is 0 Å². The summed E-state index contributed by atoms with van der Waals surface area (Å²) in [5.41, 5.74) is 0.599. The van der Waals surface area contributed by atoms with Crippen molar-refractivity contribution in [3.05, 3.63) is 64.7 Å². The third kappa shape index (κ3) is 3.45. The van der Waals surface area contributed by atoms with E-state index in [4.69, 9.17) is 11.6 Å². The van der Waals surface area contributed by atoms with Crippen LogP contribution in [0.3, 0.4) is 0 Å². The summed E-state index contributed by atoms with van der Waals surface area (Å²) in [5, 5.41) is 3.64. The minimum absolute atomic E-state index is 0.280. The van der Waals surface area contributed by atoms with Crippen molar-refractivity contribution in [1.29, 1.82) is 0 Å². The third-order valence-corrected chi connectivity index (χ3v) is 3.29. The van der Waals surface area contributed by atoms with E-state index in [-0.39, 0.29) is 6.04 Å². The van der Waals surface area contributed by atoms with Gasteiger partial charge in [0.25, 0.3) is 0 Å². The number of benzene rings is 2. The summed E-state index contributed by atoms with van der Waals surface area (Å²) in [6, 6.07) is 12.1. The van der Waals surface area contributed by atoms with E-state index in [1.807, 2.05) is 6.07 Å². The van der Waals surface area contributed by atoms with Crippen LogP contribution in [0.4, 0.5) is 18.9 Å². The molecule has 0 saturated carbocycles. The number of halogens is 4. The van der Waals surface area contributed by atoms with Crippen LogP contribution in [0, 0.1) is 0 Å². The summed E-state index contributed by atoms with van der Waals surface area (Å²) in [6.07, 6.45) is -4.33. The predicted octanol–water partition coefficient (Wildman–Crippen LogP) is 5.53. The van der Waals surface area contributed by atoms with Crippen LogP contribution < -0.4 is 5.32 Å². The maximum atomic E-state index is 12.7. The zero-order valence-corrected chi connectivity index (χ0v) is 11.5. The Balaban J connectivity index is 2.22. The highest BCUT2D eigenvalue weighted by molar-refractivity contribution is 6.33. The maximum Gasteiger partial charge on any atom is 0.416 e. The van der Waals surface area contributed by atoms with Gasteiger partial charge in [-0.2, -0.15) is 13.2 Å². The number of hydrogen-bond acceptors (Lipinski definition) is 1. The van der Waals surface area contributed by atoms with E-state index in [9.17, 15) is 13.2 Å². The SMILES string of the molecule is CC(Nc1ccccc1Cl)c1cccc(C(F)(F)F)c1. The van der Waals surface area contributed by atoms with Crippen molar-refractivity contribution < 1.29 is 13.2 Å². The molecule has 0 aliphatic heterocycles. The second-order valence-corrected chi connectivity index (χ2v) is 4.88. The van der Waals surface area contributed by atoms with Crippen molar-refractivity contribution in [2.75, 3.05) is 5.32 Å².